The Hall–Kier alpha value is -0.453. The Labute approximate surface area is 135 Å². The van der Waals surface area contributed by atoms with Crippen molar-refractivity contribution in [2.75, 3.05) is 0 Å². The fourth-order valence-corrected chi connectivity index (χ4v) is 4.67. The van der Waals surface area contributed by atoms with Crippen molar-refractivity contribution in [2.45, 2.75) is 66.7 Å². The summed E-state index contributed by atoms with van der Waals surface area (Å²) in [6, 6.07) is 4.35. The number of aryl methyl sites for hydroxylation is 1. The average Bonchev–Trinajstić information content (AvgIpc) is 2.79. The van der Waals surface area contributed by atoms with Crippen LogP contribution in [0.3, 0.4) is 0 Å². The third-order valence-electron chi connectivity index (χ3n) is 3.40. The lowest BCUT2D eigenvalue weighted by Gasteiger charge is -2.31. The molecule has 4 heteroatoms. The molecular weight excluding hydrogens is 296 g/mol. The van der Waals surface area contributed by atoms with Gasteiger partial charge < -0.3 is 4.43 Å². The van der Waals surface area contributed by atoms with E-state index in [9.17, 15) is 4.79 Å². The quantitative estimate of drug-likeness (QED) is 0.660. The number of hydrogen-bond acceptors (Lipinski definition) is 3. The van der Waals surface area contributed by atoms with Crippen LogP contribution in [0.15, 0.2) is 12.1 Å². The van der Waals surface area contributed by atoms with Crippen LogP contribution in [0.1, 0.15) is 56.9 Å². The highest BCUT2D eigenvalue weighted by Crippen LogP contribution is 2.40. The van der Waals surface area contributed by atoms with Gasteiger partial charge in [0.2, 0.25) is 0 Å². The molecule has 0 N–H and O–H groups in total. The molecule has 0 aliphatic rings. The van der Waals surface area contributed by atoms with Gasteiger partial charge in [0.05, 0.1) is 6.10 Å². The van der Waals surface area contributed by atoms with Gasteiger partial charge in [0.1, 0.15) is 5.78 Å². The molecule has 1 rings (SSSR count). The largest absolute Gasteiger partial charge is 0.412 e. The molecule has 1 atom stereocenters. The van der Waals surface area contributed by atoms with Crippen LogP contribution in [0.2, 0.25) is 13.1 Å². The van der Waals surface area contributed by atoms with Gasteiger partial charge in [-0.2, -0.15) is 0 Å². The summed E-state index contributed by atoms with van der Waals surface area (Å²) >= 11 is 1.81. The van der Waals surface area contributed by atoms with E-state index in [2.05, 4.69) is 46.0 Å². The molecule has 1 aromatic rings. The maximum Gasteiger partial charge on any atom is 0.171 e. The van der Waals surface area contributed by atoms with E-state index >= 15 is 0 Å². The molecule has 0 saturated carbocycles. The van der Waals surface area contributed by atoms with Crippen LogP contribution in [0.5, 0.6) is 0 Å². The van der Waals surface area contributed by atoms with Crippen molar-refractivity contribution in [1.29, 1.82) is 0 Å². The van der Waals surface area contributed by atoms with Crippen LogP contribution >= 0.6 is 11.3 Å². The Morgan fingerprint density at radius 1 is 1.29 bits per heavy atom. The van der Waals surface area contributed by atoms with Gasteiger partial charge in [0.15, 0.2) is 9.04 Å². The van der Waals surface area contributed by atoms with E-state index in [0.29, 0.717) is 12.2 Å². The van der Waals surface area contributed by atoms with Crippen LogP contribution in [-0.4, -0.2) is 14.8 Å². The fourth-order valence-electron chi connectivity index (χ4n) is 2.17. The van der Waals surface area contributed by atoms with Crippen LogP contribution in [0.25, 0.3) is 0 Å². The lowest BCUT2D eigenvalue weighted by Crippen LogP contribution is -2.25. The first-order chi connectivity index (χ1) is 9.61. The monoisotopic (exact) mass is 326 g/mol. The zero-order valence-corrected chi connectivity index (χ0v) is 16.5. The van der Waals surface area contributed by atoms with Gasteiger partial charge in [0.25, 0.3) is 0 Å². The standard InChI is InChI=1S/C17H30O2SSi/c1-12(2)14(18)10-8-13-9-11-15(20-13)16(17(3,4)5)19-21(6)7/h9,11-12,16,21H,8,10H2,1-7H3. The van der Waals surface area contributed by atoms with Gasteiger partial charge in [-0.05, 0) is 37.1 Å². The maximum absolute atomic E-state index is 11.7. The Morgan fingerprint density at radius 2 is 1.90 bits per heavy atom. The van der Waals surface area contributed by atoms with E-state index in [-0.39, 0.29) is 17.4 Å². The second kappa shape index (κ2) is 7.70. The van der Waals surface area contributed by atoms with Gasteiger partial charge in [0, 0.05) is 22.1 Å². The molecule has 0 amide bonds. The summed E-state index contributed by atoms with van der Waals surface area (Å²) in [6.45, 7) is 15.1. The molecule has 120 valence electrons. The number of Topliss-reactive ketones (excluding diaryl/α,β-unsaturated/α-hetero) is 1. The number of ketones is 1. The van der Waals surface area contributed by atoms with Crippen LogP contribution in [0.4, 0.5) is 0 Å². The van der Waals surface area contributed by atoms with Crippen LogP contribution in [-0.2, 0) is 15.6 Å². The molecular formula is C17H30O2SSi. The predicted octanol–water partition coefficient (Wildman–Crippen LogP) is 4.99. The zero-order chi connectivity index (χ0) is 16.2. The Bertz CT molecular complexity index is 458. The Balaban J connectivity index is 2.77. The molecule has 0 fully saturated rings. The topological polar surface area (TPSA) is 26.3 Å². The normalized spacial score (nSPS) is 14.0. The molecule has 21 heavy (non-hydrogen) atoms. The fraction of sp³-hybridized carbons (Fsp3) is 0.706. The average molecular weight is 327 g/mol. The Morgan fingerprint density at radius 3 is 2.38 bits per heavy atom. The van der Waals surface area contributed by atoms with E-state index in [1.54, 1.807) is 0 Å². The summed E-state index contributed by atoms with van der Waals surface area (Å²) in [5.74, 6) is 0.491. The van der Waals surface area contributed by atoms with Gasteiger partial charge in [-0.1, -0.05) is 34.6 Å². The van der Waals surface area contributed by atoms with Crippen LogP contribution < -0.4 is 0 Å². The first kappa shape index (κ1) is 18.6. The van der Waals surface area contributed by atoms with Gasteiger partial charge in [-0.3, -0.25) is 4.79 Å². The van der Waals surface area contributed by atoms with Gasteiger partial charge in [-0.25, -0.2) is 0 Å². The minimum atomic E-state index is -1.08. The molecule has 0 aliphatic carbocycles. The van der Waals surface area contributed by atoms with Crippen molar-refractivity contribution in [1.82, 2.24) is 0 Å². The second-order valence-corrected chi connectivity index (χ2v) is 10.9. The van der Waals surface area contributed by atoms with Gasteiger partial charge >= 0.3 is 0 Å². The van der Waals surface area contributed by atoms with E-state index in [1.807, 2.05) is 25.2 Å². The molecule has 0 aliphatic heterocycles. The molecule has 1 heterocycles. The molecule has 1 aromatic heterocycles. The van der Waals surface area contributed by atoms with E-state index < -0.39 is 9.04 Å². The van der Waals surface area contributed by atoms with Crippen LogP contribution in [0, 0.1) is 11.3 Å². The second-order valence-electron chi connectivity index (χ2n) is 7.36. The highest BCUT2D eigenvalue weighted by Gasteiger charge is 2.29. The summed E-state index contributed by atoms with van der Waals surface area (Å²) in [5, 5.41) is 0. The lowest BCUT2D eigenvalue weighted by molar-refractivity contribution is -0.121. The van der Waals surface area contributed by atoms with Crippen molar-refractivity contribution in [3.05, 3.63) is 21.9 Å². The van der Waals surface area contributed by atoms with Crippen molar-refractivity contribution in [3.8, 4) is 0 Å². The first-order valence-electron chi connectivity index (χ1n) is 7.88. The van der Waals surface area contributed by atoms with E-state index in [4.69, 9.17) is 4.43 Å². The minimum Gasteiger partial charge on any atom is -0.412 e. The lowest BCUT2D eigenvalue weighted by atomic mass is 9.88. The number of carbonyl (C=O) groups excluding carboxylic acids is 1. The SMILES string of the molecule is CC(C)C(=O)CCc1ccc(C(O[SiH](C)C)C(C)(C)C)s1. The van der Waals surface area contributed by atoms with E-state index in [0.717, 1.165) is 6.42 Å². The minimum absolute atomic E-state index is 0.104. The summed E-state index contributed by atoms with van der Waals surface area (Å²) in [6.07, 6.45) is 1.68. The molecule has 0 aromatic carbocycles. The highest BCUT2D eigenvalue weighted by molar-refractivity contribution is 7.12. The van der Waals surface area contributed by atoms with E-state index in [1.165, 1.54) is 9.75 Å². The molecule has 1 unspecified atom stereocenters. The third kappa shape index (κ3) is 6.05. The first-order valence-corrected chi connectivity index (χ1v) is 11.5. The zero-order valence-electron chi connectivity index (χ0n) is 14.5. The summed E-state index contributed by atoms with van der Waals surface area (Å²) < 4.78 is 6.26. The predicted molar refractivity (Wildman–Crippen MR) is 94.6 cm³/mol. The maximum atomic E-state index is 11.7. The number of thiophene rings is 1. The van der Waals surface area contributed by atoms with Crippen molar-refractivity contribution in [3.63, 3.8) is 0 Å². The van der Waals surface area contributed by atoms with Crippen molar-refractivity contribution >= 4 is 26.2 Å². The molecule has 0 radical (unpaired) electrons. The highest BCUT2D eigenvalue weighted by atomic mass is 32.1. The summed E-state index contributed by atoms with van der Waals surface area (Å²) in [4.78, 5) is 14.3. The van der Waals surface area contributed by atoms with Crippen molar-refractivity contribution < 1.29 is 9.22 Å². The molecule has 0 bridgehead atoms. The number of carbonyl (C=O) groups is 1. The Kier molecular flexibility index (Phi) is 6.82. The summed E-state index contributed by atoms with van der Waals surface area (Å²) in [5.41, 5.74) is 0.104. The third-order valence-corrected chi connectivity index (χ3v) is 5.40. The smallest absolute Gasteiger partial charge is 0.171 e. The number of hydrogen-bond donors (Lipinski definition) is 0. The van der Waals surface area contributed by atoms with Gasteiger partial charge in [-0.15, -0.1) is 11.3 Å². The summed E-state index contributed by atoms with van der Waals surface area (Å²) in [7, 11) is -1.08. The molecule has 0 saturated heterocycles. The molecule has 0 spiro atoms. The molecule has 2 nitrogen and oxygen atoms in total. The number of rotatable bonds is 7. The van der Waals surface area contributed by atoms with Crippen molar-refractivity contribution in [2.24, 2.45) is 11.3 Å².